The third-order valence-electron chi connectivity index (χ3n) is 2.47. The molecule has 0 N–H and O–H groups in total. The molecule has 0 saturated carbocycles. The molecule has 3 heteroatoms. The SMILES string of the molecule is CCCOC(=O)C(C)C(=O)C=Cc1ccccc1. The molecule has 0 aromatic heterocycles. The first-order valence-corrected chi connectivity index (χ1v) is 6.08. The van der Waals surface area contributed by atoms with Gasteiger partial charge in [0, 0.05) is 0 Å². The smallest absolute Gasteiger partial charge is 0.316 e. The Morgan fingerprint density at radius 2 is 1.94 bits per heavy atom. The first-order valence-electron chi connectivity index (χ1n) is 6.08. The van der Waals surface area contributed by atoms with Crippen LogP contribution in [0.15, 0.2) is 36.4 Å². The summed E-state index contributed by atoms with van der Waals surface area (Å²) in [5.74, 6) is -1.43. The van der Waals surface area contributed by atoms with Gasteiger partial charge in [0.1, 0.15) is 5.92 Å². The van der Waals surface area contributed by atoms with Gasteiger partial charge in [-0.25, -0.2) is 0 Å². The summed E-state index contributed by atoms with van der Waals surface area (Å²) < 4.78 is 4.93. The maximum absolute atomic E-state index is 11.7. The van der Waals surface area contributed by atoms with Gasteiger partial charge in [0.05, 0.1) is 6.61 Å². The van der Waals surface area contributed by atoms with E-state index >= 15 is 0 Å². The van der Waals surface area contributed by atoms with Crippen LogP contribution in [0.25, 0.3) is 6.08 Å². The Bertz CT molecular complexity index is 421. The molecule has 1 aromatic carbocycles. The first kappa shape index (κ1) is 14.2. The van der Waals surface area contributed by atoms with Gasteiger partial charge >= 0.3 is 5.97 Å². The van der Waals surface area contributed by atoms with E-state index in [1.807, 2.05) is 37.3 Å². The second-order valence-electron chi connectivity index (χ2n) is 4.04. The third kappa shape index (κ3) is 4.53. The van der Waals surface area contributed by atoms with Crippen molar-refractivity contribution in [3.05, 3.63) is 42.0 Å². The minimum atomic E-state index is -0.739. The largest absolute Gasteiger partial charge is 0.465 e. The fourth-order valence-corrected chi connectivity index (χ4v) is 1.33. The van der Waals surface area contributed by atoms with E-state index in [4.69, 9.17) is 4.74 Å². The quantitative estimate of drug-likeness (QED) is 0.440. The van der Waals surface area contributed by atoms with Gasteiger partial charge in [-0.15, -0.1) is 0 Å². The fraction of sp³-hybridized carbons (Fsp3) is 0.333. The average Bonchev–Trinajstić information content (AvgIpc) is 2.42. The monoisotopic (exact) mass is 246 g/mol. The highest BCUT2D eigenvalue weighted by molar-refractivity contribution is 6.06. The number of allylic oxidation sites excluding steroid dienone is 1. The van der Waals surface area contributed by atoms with Crippen LogP contribution in [0.5, 0.6) is 0 Å². The summed E-state index contributed by atoms with van der Waals surface area (Å²) in [6.07, 6.45) is 3.88. The molecule has 1 aromatic rings. The Labute approximate surface area is 107 Å². The molecule has 0 aliphatic rings. The van der Waals surface area contributed by atoms with Crippen LogP contribution in [0, 0.1) is 5.92 Å². The second kappa shape index (κ2) is 7.43. The number of ketones is 1. The molecule has 3 nitrogen and oxygen atoms in total. The van der Waals surface area contributed by atoms with Crippen molar-refractivity contribution in [2.75, 3.05) is 6.61 Å². The van der Waals surface area contributed by atoms with Crippen molar-refractivity contribution in [1.82, 2.24) is 0 Å². The predicted molar refractivity (Wildman–Crippen MR) is 70.9 cm³/mol. The van der Waals surface area contributed by atoms with Gasteiger partial charge in [-0.2, -0.15) is 0 Å². The van der Waals surface area contributed by atoms with Crippen molar-refractivity contribution in [3.8, 4) is 0 Å². The van der Waals surface area contributed by atoms with Crippen molar-refractivity contribution in [3.63, 3.8) is 0 Å². The standard InChI is InChI=1S/C15H18O3/c1-3-11-18-15(17)12(2)14(16)10-9-13-7-5-4-6-8-13/h4-10,12H,3,11H2,1-2H3. The molecule has 0 fully saturated rings. The fourth-order valence-electron chi connectivity index (χ4n) is 1.33. The molecule has 1 rings (SSSR count). The molecular formula is C15H18O3. The summed E-state index contributed by atoms with van der Waals surface area (Å²) >= 11 is 0. The van der Waals surface area contributed by atoms with Crippen LogP contribution in [0.4, 0.5) is 0 Å². The second-order valence-corrected chi connectivity index (χ2v) is 4.04. The number of carbonyl (C=O) groups excluding carboxylic acids is 2. The zero-order valence-corrected chi connectivity index (χ0v) is 10.8. The molecule has 0 spiro atoms. The van der Waals surface area contributed by atoms with Crippen LogP contribution in [0.3, 0.4) is 0 Å². The summed E-state index contributed by atoms with van der Waals surface area (Å²) in [4.78, 5) is 23.2. The van der Waals surface area contributed by atoms with E-state index in [1.165, 1.54) is 6.08 Å². The molecule has 0 radical (unpaired) electrons. The molecule has 1 unspecified atom stereocenters. The normalized spacial score (nSPS) is 12.3. The predicted octanol–water partition coefficient (Wildman–Crippen LogP) is 2.86. The summed E-state index contributed by atoms with van der Waals surface area (Å²) in [6.45, 7) is 3.84. The zero-order chi connectivity index (χ0) is 13.4. The lowest BCUT2D eigenvalue weighted by Gasteiger charge is -2.07. The summed E-state index contributed by atoms with van der Waals surface area (Å²) in [5, 5.41) is 0. The van der Waals surface area contributed by atoms with Crippen molar-refractivity contribution in [2.24, 2.45) is 5.92 Å². The lowest BCUT2D eigenvalue weighted by molar-refractivity contribution is -0.150. The van der Waals surface area contributed by atoms with Crippen molar-refractivity contribution in [1.29, 1.82) is 0 Å². The van der Waals surface area contributed by atoms with Gasteiger partial charge in [0.15, 0.2) is 5.78 Å². The summed E-state index contributed by atoms with van der Waals surface area (Å²) in [7, 11) is 0. The minimum Gasteiger partial charge on any atom is -0.465 e. The van der Waals surface area contributed by atoms with Crippen LogP contribution in [0.1, 0.15) is 25.8 Å². The molecular weight excluding hydrogens is 228 g/mol. The highest BCUT2D eigenvalue weighted by Gasteiger charge is 2.20. The van der Waals surface area contributed by atoms with Crippen LogP contribution in [-0.4, -0.2) is 18.4 Å². The van der Waals surface area contributed by atoms with E-state index in [2.05, 4.69) is 0 Å². The first-order chi connectivity index (χ1) is 8.65. The van der Waals surface area contributed by atoms with Crippen LogP contribution in [0.2, 0.25) is 0 Å². The molecule has 96 valence electrons. The van der Waals surface area contributed by atoms with E-state index in [9.17, 15) is 9.59 Å². The van der Waals surface area contributed by atoms with E-state index in [1.54, 1.807) is 13.0 Å². The molecule has 0 amide bonds. The molecule has 0 bridgehead atoms. The van der Waals surface area contributed by atoms with Crippen molar-refractivity contribution in [2.45, 2.75) is 20.3 Å². The number of hydrogen-bond donors (Lipinski definition) is 0. The Hall–Kier alpha value is -1.90. The Morgan fingerprint density at radius 3 is 2.56 bits per heavy atom. The van der Waals surface area contributed by atoms with Crippen LogP contribution >= 0.6 is 0 Å². The Kier molecular flexibility index (Phi) is 5.85. The van der Waals surface area contributed by atoms with E-state index in [-0.39, 0.29) is 5.78 Å². The van der Waals surface area contributed by atoms with Gasteiger partial charge in [0.2, 0.25) is 0 Å². The molecule has 0 aliphatic heterocycles. The number of carbonyl (C=O) groups is 2. The molecule has 1 atom stereocenters. The average molecular weight is 246 g/mol. The highest BCUT2D eigenvalue weighted by atomic mass is 16.5. The van der Waals surface area contributed by atoms with E-state index in [0.29, 0.717) is 6.61 Å². The number of esters is 1. The van der Waals surface area contributed by atoms with Crippen molar-refractivity contribution >= 4 is 17.8 Å². The van der Waals surface area contributed by atoms with Gasteiger partial charge in [-0.05, 0) is 25.0 Å². The minimum absolute atomic E-state index is 0.236. The lowest BCUT2D eigenvalue weighted by atomic mass is 10.1. The Balaban J connectivity index is 2.54. The van der Waals surface area contributed by atoms with E-state index < -0.39 is 11.9 Å². The topological polar surface area (TPSA) is 43.4 Å². The number of hydrogen-bond acceptors (Lipinski definition) is 3. The molecule has 0 saturated heterocycles. The van der Waals surface area contributed by atoms with Gasteiger partial charge in [-0.1, -0.05) is 43.3 Å². The summed E-state index contributed by atoms with van der Waals surface area (Å²) in [5.41, 5.74) is 0.931. The van der Waals surface area contributed by atoms with E-state index in [0.717, 1.165) is 12.0 Å². The third-order valence-corrected chi connectivity index (χ3v) is 2.47. The maximum Gasteiger partial charge on any atom is 0.316 e. The van der Waals surface area contributed by atoms with Gasteiger partial charge in [0.25, 0.3) is 0 Å². The van der Waals surface area contributed by atoms with Crippen LogP contribution in [-0.2, 0) is 14.3 Å². The number of rotatable bonds is 6. The van der Waals surface area contributed by atoms with Gasteiger partial charge < -0.3 is 4.74 Å². The van der Waals surface area contributed by atoms with Crippen molar-refractivity contribution < 1.29 is 14.3 Å². The molecule has 18 heavy (non-hydrogen) atoms. The maximum atomic E-state index is 11.7. The summed E-state index contributed by atoms with van der Waals surface area (Å²) in [6, 6.07) is 9.48. The highest BCUT2D eigenvalue weighted by Crippen LogP contribution is 2.06. The lowest BCUT2D eigenvalue weighted by Crippen LogP contribution is -2.22. The zero-order valence-electron chi connectivity index (χ0n) is 10.8. The van der Waals surface area contributed by atoms with Gasteiger partial charge in [-0.3, -0.25) is 9.59 Å². The number of benzene rings is 1. The number of ether oxygens (including phenoxy) is 1. The molecule has 0 aliphatic carbocycles. The van der Waals surface area contributed by atoms with Crippen LogP contribution < -0.4 is 0 Å². The molecule has 0 heterocycles. The Morgan fingerprint density at radius 1 is 1.28 bits per heavy atom.